The van der Waals surface area contributed by atoms with Gasteiger partial charge in [0.15, 0.2) is 17.3 Å². The van der Waals surface area contributed by atoms with Gasteiger partial charge in [0.1, 0.15) is 6.61 Å². The molecule has 0 bridgehead atoms. The molecule has 35 heavy (non-hydrogen) atoms. The van der Waals surface area contributed by atoms with Crippen molar-refractivity contribution in [3.63, 3.8) is 0 Å². The molecule has 2 N–H and O–H groups in total. The third-order valence-corrected chi connectivity index (χ3v) is 6.08. The number of hydrazine groups is 1. The minimum atomic E-state index is -0.0481. The van der Waals surface area contributed by atoms with Gasteiger partial charge in [-0.3, -0.25) is 15.0 Å². The SMILES string of the molecule is CCCC(c1cncc(C)c1)N(N)c1cncc(-c2ccc(OCCN(CC)CC)c(OC)c2)n1. The molecule has 0 aliphatic carbocycles. The van der Waals surface area contributed by atoms with E-state index >= 15 is 0 Å². The Morgan fingerprint density at radius 1 is 0.971 bits per heavy atom. The van der Waals surface area contributed by atoms with Crippen LogP contribution in [-0.2, 0) is 0 Å². The molecule has 1 aromatic carbocycles. The molecule has 0 aliphatic heterocycles. The third kappa shape index (κ3) is 6.90. The molecule has 8 heteroatoms. The number of likely N-dealkylation sites (N-methyl/N-ethyl adjacent to an activating group) is 1. The fourth-order valence-electron chi connectivity index (χ4n) is 4.05. The standard InChI is InChI=1S/C27H38N6O2/c1-6-9-24(22-14-20(4)16-29-17-22)33(28)27-19-30-18-23(31-27)21-10-11-25(26(15-21)34-5)35-13-12-32(7-2)8-3/h10-11,14-19,24H,6-9,12-13,28H2,1-5H3. The maximum absolute atomic E-state index is 6.59. The quantitative estimate of drug-likeness (QED) is 0.277. The van der Waals surface area contributed by atoms with Crippen molar-refractivity contribution in [1.82, 2.24) is 19.9 Å². The molecule has 0 fully saturated rings. The van der Waals surface area contributed by atoms with Gasteiger partial charge in [0.05, 0.1) is 31.2 Å². The summed E-state index contributed by atoms with van der Waals surface area (Å²) in [6.07, 6.45) is 8.99. The molecule has 1 unspecified atom stereocenters. The first-order chi connectivity index (χ1) is 17.0. The fourth-order valence-corrected chi connectivity index (χ4v) is 4.05. The van der Waals surface area contributed by atoms with Crippen molar-refractivity contribution < 1.29 is 9.47 Å². The van der Waals surface area contributed by atoms with E-state index in [1.54, 1.807) is 24.5 Å². The molecular weight excluding hydrogens is 440 g/mol. The number of ether oxygens (including phenoxy) is 2. The molecule has 188 valence electrons. The van der Waals surface area contributed by atoms with E-state index in [4.69, 9.17) is 20.3 Å². The Bertz CT molecular complexity index is 1070. The molecular formula is C27H38N6O2. The smallest absolute Gasteiger partial charge is 0.162 e. The van der Waals surface area contributed by atoms with Gasteiger partial charge in [-0.05, 0) is 55.8 Å². The van der Waals surface area contributed by atoms with E-state index in [-0.39, 0.29) is 6.04 Å². The average molecular weight is 479 g/mol. The number of hydrogen-bond acceptors (Lipinski definition) is 8. The number of aromatic nitrogens is 3. The van der Waals surface area contributed by atoms with Gasteiger partial charge >= 0.3 is 0 Å². The van der Waals surface area contributed by atoms with Crippen LogP contribution < -0.4 is 20.3 Å². The number of anilines is 1. The molecule has 0 aliphatic rings. The van der Waals surface area contributed by atoms with Crippen molar-refractivity contribution in [3.05, 3.63) is 60.2 Å². The van der Waals surface area contributed by atoms with Crippen LogP contribution in [0.3, 0.4) is 0 Å². The Kier molecular flexibility index (Phi) is 9.81. The molecule has 2 heterocycles. The maximum Gasteiger partial charge on any atom is 0.162 e. The number of aryl methyl sites for hydroxylation is 1. The molecule has 0 saturated heterocycles. The Morgan fingerprint density at radius 3 is 2.43 bits per heavy atom. The molecule has 0 radical (unpaired) electrons. The summed E-state index contributed by atoms with van der Waals surface area (Å²) in [4.78, 5) is 15.9. The lowest BCUT2D eigenvalue weighted by atomic mass is 10.0. The van der Waals surface area contributed by atoms with Gasteiger partial charge in [-0.25, -0.2) is 10.8 Å². The number of nitrogens with zero attached hydrogens (tertiary/aromatic N) is 5. The van der Waals surface area contributed by atoms with Crippen LogP contribution in [0.5, 0.6) is 11.5 Å². The van der Waals surface area contributed by atoms with E-state index in [0.29, 0.717) is 29.6 Å². The van der Waals surface area contributed by atoms with Crippen LogP contribution in [0.2, 0.25) is 0 Å². The zero-order chi connectivity index (χ0) is 25.2. The first kappa shape index (κ1) is 26.4. The lowest BCUT2D eigenvalue weighted by molar-refractivity contribution is 0.217. The Balaban J connectivity index is 1.81. The first-order valence-corrected chi connectivity index (χ1v) is 12.3. The highest BCUT2D eigenvalue weighted by atomic mass is 16.5. The minimum absolute atomic E-state index is 0.0481. The molecule has 3 aromatic rings. The topological polar surface area (TPSA) is 89.6 Å². The minimum Gasteiger partial charge on any atom is -0.493 e. The van der Waals surface area contributed by atoms with Gasteiger partial charge < -0.3 is 14.4 Å². The molecule has 2 aromatic heterocycles. The summed E-state index contributed by atoms with van der Waals surface area (Å²) >= 11 is 0. The van der Waals surface area contributed by atoms with E-state index in [9.17, 15) is 0 Å². The largest absolute Gasteiger partial charge is 0.493 e. The van der Waals surface area contributed by atoms with Crippen LogP contribution in [0, 0.1) is 6.92 Å². The Hall–Kier alpha value is -3.23. The summed E-state index contributed by atoms with van der Waals surface area (Å²) in [5, 5.41) is 1.69. The van der Waals surface area contributed by atoms with E-state index in [2.05, 4.69) is 41.7 Å². The van der Waals surface area contributed by atoms with Gasteiger partial charge in [-0.1, -0.05) is 33.3 Å². The van der Waals surface area contributed by atoms with Crippen LogP contribution >= 0.6 is 0 Å². The summed E-state index contributed by atoms with van der Waals surface area (Å²) in [5.41, 5.74) is 3.76. The number of hydrogen-bond donors (Lipinski definition) is 1. The summed E-state index contributed by atoms with van der Waals surface area (Å²) in [5.74, 6) is 8.56. The highest BCUT2D eigenvalue weighted by Gasteiger charge is 2.20. The van der Waals surface area contributed by atoms with Crippen LogP contribution in [0.25, 0.3) is 11.3 Å². The predicted octanol–water partition coefficient (Wildman–Crippen LogP) is 4.80. The fraction of sp³-hybridized carbons (Fsp3) is 0.444. The van der Waals surface area contributed by atoms with Gasteiger partial charge in [-0.15, -0.1) is 0 Å². The van der Waals surface area contributed by atoms with Crippen molar-refractivity contribution in [1.29, 1.82) is 0 Å². The number of benzene rings is 1. The van der Waals surface area contributed by atoms with Crippen molar-refractivity contribution in [2.45, 2.75) is 46.6 Å². The number of rotatable bonds is 13. The van der Waals surface area contributed by atoms with E-state index in [1.165, 1.54) is 0 Å². The van der Waals surface area contributed by atoms with Crippen LogP contribution in [0.4, 0.5) is 5.82 Å². The predicted molar refractivity (Wildman–Crippen MR) is 141 cm³/mol. The van der Waals surface area contributed by atoms with Gasteiger partial charge in [-0.2, -0.15) is 0 Å². The first-order valence-electron chi connectivity index (χ1n) is 12.3. The molecule has 1 atom stereocenters. The average Bonchev–Trinajstić information content (AvgIpc) is 2.89. The second-order valence-corrected chi connectivity index (χ2v) is 8.51. The molecule has 0 spiro atoms. The van der Waals surface area contributed by atoms with Gasteiger partial charge in [0.2, 0.25) is 0 Å². The summed E-state index contributed by atoms with van der Waals surface area (Å²) in [6.45, 7) is 12.0. The highest BCUT2D eigenvalue weighted by molar-refractivity contribution is 5.64. The number of pyridine rings is 1. The van der Waals surface area contributed by atoms with Crippen molar-refractivity contribution >= 4 is 5.82 Å². The summed E-state index contributed by atoms with van der Waals surface area (Å²) in [7, 11) is 1.64. The summed E-state index contributed by atoms with van der Waals surface area (Å²) < 4.78 is 11.6. The molecule has 0 saturated carbocycles. The molecule has 3 rings (SSSR count). The van der Waals surface area contributed by atoms with Crippen molar-refractivity contribution in [2.24, 2.45) is 5.84 Å². The number of methoxy groups -OCH3 is 1. The Labute approximate surface area is 209 Å². The Morgan fingerprint density at radius 2 is 1.74 bits per heavy atom. The lowest BCUT2D eigenvalue weighted by Crippen LogP contribution is -2.36. The maximum atomic E-state index is 6.59. The van der Waals surface area contributed by atoms with Crippen molar-refractivity contribution in [2.75, 3.05) is 38.4 Å². The summed E-state index contributed by atoms with van der Waals surface area (Å²) in [6, 6.07) is 7.89. The molecule has 0 amide bonds. The second kappa shape index (κ2) is 13.0. The monoisotopic (exact) mass is 478 g/mol. The van der Waals surface area contributed by atoms with E-state index < -0.39 is 0 Å². The van der Waals surface area contributed by atoms with Gasteiger partial charge in [0, 0.05) is 24.5 Å². The normalized spacial score (nSPS) is 12.0. The lowest BCUT2D eigenvalue weighted by Gasteiger charge is -2.28. The van der Waals surface area contributed by atoms with Crippen molar-refractivity contribution in [3.8, 4) is 22.8 Å². The van der Waals surface area contributed by atoms with E-state index in [0.717, 1.165) is 49.2 Å². The zero-order valence-electron chi connectivity index (χ0n) is 21.6. The highest BCUT2D eigenvalue weighted by Crippen LogP contribution is 2.33. The number of nitrogens with two attached hydrogens (primary N) is 1. The van der Waals surface area contributed by atoms with Crippen LogP contribution in [0.1, 0.15) is 50.8 Å². The van der Waals surface area contributed by atoms with Gasteiger partial charge in [0.25, 0.3) is 0 Å². The van der Waals surface area contributed by atoms with Crippen LogP contribution in [0.15, 0.2) is 49.1 Å². The third-order valence-electron chi connectivity index (χ3n) is 6.08. The molecule has 8 nitrogen and oxygen atoms in total. The van der Waals surface area contributed by atoms with Crippen LogP contribution in [-0.4, -0.2) is 53.2 Å². The zero-order valence-corrected chi connectivity index (χ0v) is 21.6. The van der Waals surface area contributed by atoms with E-state index in [1.807, 2.05) is 37.5 Å². The second-order valence-electron chi connectivity index (χ2n) is 8.51.